The number of carboxylic acids is 1. The van der Waals surface area contributed by atoms with Crippen molar-refractivity contribution in [2.45, 2.75) is 37.0 Å². The number of hydrogen-bond acceptors (Lipinski definition) is 5. The zero-order valence-corrected chi connectivity index (χ0v) is 15.8. The highest BCUT2D eigenvalue weighted by atomic mass is 32.2. The molecule has 8 heteroatoms. The van der Waals surface area contributed by atoms with E-state index in [9.17, 15) is 13.2 Å². The fourth-order valence-electron chi connectivity index (χ4n) is 2.87. The van der Waals surface area contributed by atoms with E-state index in [2.05, 4.69) is 16.1 Å². The minimum absolute atomic E-state index is 0.0638. The predicted molar refractivity (Wildman–Crippen MR) is 100 cm³/mol. The van der Waals surface area contributed by atoms with Gasteiger partial charge in [-0.25, -0.2) is 17.9 Å². The molecule has 7 nitrogen and oxygen atoms in total. The maximum Gasteiger partial charge on any atom is 0.335 e. The van der Waals surface area contributed by atoms with Gasteiger partial charge >= 0.3 is 5.97 Å². The fraction of sp³-hybridized carbons (Fsp3) is 0.500. The Morgan fingerprint density at radius 3 is 2.73 bits per heavy atom. The van der Waals surface area contributed by atoms with E-state index in [1.165, 1.54) is 43.7 Å². The van der Waals surface area contributed by atoms with E-state index in [1.807, 2.05) is 0 Å². The number of allylic oxidation sites excluding steroid dienone is 1. The average molecular weight is 382 g/mol. The number of methoxy groups -OCH3 is 1. The molecular weight excluding hydrogens is 356 g/mol. The summed E-state index contributed by atoms with van der Waals surface area (Å²) in [7, 11) is -2.37. The Hall–Kier alpha value is -1.90. The van der Waals surface area contributed by atoms with E-state index in [1.54, 1.807) is 0 Å². The summed E-state index contributed by atoms with van der Waals surface area (Å²) < 4.78 is 32.4. The van der Waals surface area contributed by atoms with Gasteiger partial charge in [0.05, 0.1) is 17.9 Å². The summed E-state index contributed by atoms with van der Waals surface area (Å²) in [6.07, 6.45) is 7.71. The number of sulfonamides is 1. The van der Waals surface area contributed by atoms with Crippen molar-refractivity contribution in [1.29, 1.82) is 0 Å². The minimum atomic E-state index is -3.84. The molecule has 0 aliphatic heterocycles. The molecule has 0 radical (unpaired) electrons. The molecule has 0 saturated heterocycles. The lowest BCUT2D eigenvalue weighted by molar-refractivity contribution is 0.0696. The van der Waals surface area contributed by atoms with Crippen LogP contribution in [-0.2, 0) is 14.8 Å². The lowest BCUT2D eigenvalue weighted by atomic mass is 9.97. The van der Waals surface area contributed by atoms with Crippen molar-refractivity contribution in [3.05, 3.63) is 35.4 Å². The molecule has 0 unspecified atom stereocenters. The first-order valence-corrected chi connectivity index (χ1v) is 10.2. The molecule has 0 atom stereocenters. The number of benzene rings is 1. The lowest BCUT2D eigenvalue weighted by Crippen LogP contribution is -2.28. The van der Waals surface area contributed by atoms with Gasteiger partial charge in [0, 0.05) is 20.2 Å². The van der Waals surface area contributed by atoms with E-state index in [0.717, 1.165) is 19.3 Å². The summed E-state index contributed by atoms with van der Waals surface area (Å²) in [5.41, 5.74) is 1.71. The van der Waals surface area contributed by atoms with Gasteiger partial charge in [-0.15, -0.1) is 0 Å². The second-order valence-electron chi connectivity index (χ2n) is 6.19. The summed E-state index contributed by atoms with van der Waals surface area (Å²) >= 11 is 0. The molecule has 0 bridgehead atoms. The Morgan fingerprint density at radius 1 is 1.27 bits per heavy atom. The molecule has 0 amide bonds. The van der Waals surface area contributed by atoms with Crippen molar-refractivity contribution in [3.8, 4) is 0 Å². The smallest absolute Gasteiger partial charge is 0.335 e. The van der Waals surface area contributed by atoms with Crippen LogP contribution in [0.1, 0.15) is 42.5 Å². The second kappa shape index (κ2) is 9.70. The van der Waals surface area contributed by atoms with E-state index >= 15 is 0 Å². The summed E-state index contributed by atoms with van der Waals surface area (Å²) in [4.78, 5) is 11.1. The molecule has 0 aromatic heterocycles. The molecule has 2 rings (SSSR count). The lowest BCUT2D eigenvalue weighted by Gasteiger charge is -2.16. The second-order valence-corrected chi connectivity index (χ2v) is 7.93. The van der Waals surface area contributed by atoms with Crippen LogP contribution < -0.4 is 10.0 Å². The van der Waals surface area contributed by atoms with Gasteiger partial charge in [-0.2, -0.15) is 0 Å². The van der Waals surface area contributed by atoms with Crippen LogP contribution in [-0.4, -0.2) is 46.3 Å². The van der Waals surface area contributed by atoms with Gasteiger partial charge < -0.3 is 15.2 Å². The highest BCUT2D eigenvalue weighted by Crippen LogP contribution is 2.24. The summed E-state index contributed by atoms with van der Waals surface area (Å²) in [5, 5.41) is 12.3. The van der Waals surface area contributed by atoms with Crippen LogP contribution >= 0.6 is 0 Å². The van der Waals surface area contributed by atoms with Gasteiger partial charge in [0.1, 0.15) is 4.90 Å². The largest absolute Gasteiger partial charge is 0.478 e. The third-order valence-electron chi connectivity index (χ3n) is 4.26. The number of rotatable bonds is 10. The molecule has 144 valence electrons. The van der Waals surface area contributed by atoms with Gasteiger partial charge in [-0.1, -0.05) is 11.6 Å². The monoisotopic (exact) mass is 382 g/mol. The van der Waals surface area contributed by atoms with Crippen LogP contribution in [0.4, 0.5) is 5.69 Å². The quantitative estimate of drug-likeness (QED) is 0.424. The van der Waals surface area contributed by atoms with Crippen molar-refractivity contribution in [2.24, 2.45) is 0 Å². The van der Waals surface area contributed by atoms with Crippen molar-refractivity contribution >= 4 is 21.7 Å². The van der Waals surface area contributed by atoms with Gasteiger partial charge in [0.2, 0.25) is 10.0 Å². The zero-order valence-electron chi connectivity index (χ0n) is 15.0. The van der Waals surface area contributed by atoms with Gasteiger partial charge in [0.15, 0.2) is 0 Å². The van der Waals surface area contributed by atoms with Crippen LogP contribution in [0.25, 0.3) is 0 Å². The Bertz CT molecular complexity index is 759. The van der Waals surface area contributed by atoms with Crippen molar-refractivity contribution in [1.82, 2.24) is 4.72 Å². The Kier molecular flexibility index (Phi) is 7.62. The summed E-state index contributed by atoms with van der Waals surface area (Å²) in [6, 6.07) is 4.09. The number of carboxylic acid groups (broad SMARTS) is 1. The standard InChI is InChI=1S/C18H26N2O5S/c1-25-12-11-20-26(23,24)17-13-15(18(21)22)7-8-16(17)19-10-9-14-5-3-2-4-6-14/h5,7-8,13,19-20H,2-4,6,9-12H2,1H3,(H,21,22). The number of hydrogen-bond donors (Lipinski definition) is 3. The van der Waals surface area contributed by atoms with Crippen molar-refractivity contribution in [2.75, 3.05) is 32.1 Å². The van der Waals surface area contributed by atoms with Crippen molar-refractivity contribution < 1.29 is 23.1 Å². The van der Waals surface area contributed by atoms with Crippen LogP contribution in [0.2, 0.25) is 0 Å². The van der Waals surface area contributed by atoms with E-state index < -0.39 is 16.0 Å². The van der Waals surface area contributed by atoms with Crippen molar-refractivity contribution in [3.63, 3.8) is 0 Å². The number of carbonyl (C=O) groups is 1. The van der Waals surface area contributed by atoms with E-state index in [4.69, 9.17) is 9.84 Å². The molecule has 1 aliphatic carbocycles. The normalized spacial score (nSPS) is 14.7. The third kappa shape index (κ3) is 5.82. The Balaban J connectivity index is 2.15. The number of ether oxygens (including phenoxy) is 1. The molecule has 1 aromatic rings. The number of aromatic carboxylic acids is 1. The maximum absolute atomic E-state index is 12.6. The van der Waals surface area contributed by atoms with Gasteiger partial charge in [-0.3, -0.25) is 0 Å². The van der Waals surface area contributed by atoms with Crippen LogP contribution in [0.5, 0.6) is 0 Å². The average Bonchev–Trinajstić information content (AvgIpc) is 2.62. The highest BCUT2D eigenvalue weighted by Gasteiger charge is 2.20. The fourth-order valence-corrected chi connectivity index (χ4v) is 4.09. The molecule has 0 spiro atoms. The first-order chi connectivity index (χ1) is 12.4. The van der Waals surface area contributed by atoms with E-state index in [-0.39, 0.29) is 23.6 Å². The molecule has 3 N–H and O–H groups in total. The highest BCUT2D eigenvalue weighted by molar-refractivity contribution is 7.89. The molecule has 1 aliphatic rings. The van der Waals surface area contributed by atoms with Crippen LogP contribution in [0.3, 0.4) is 0 Å². The first kappa shape index (κ1) is 20.4. The number of nitrogens with one attached hydrogen (secondary N) is 2. The third-order valence-corrected chi connectivity index (χ3v) is 5.76. The minimum Gasteiger partial charge on any atom is -0.478 e. The predicted octanol–water partition coefficient (Wildman–Crippen LogP) is 2.61. The van der Waals surface area contributed by atoms with Crippen LogP contribution in [0.15, 0.2) is 34.7 Å². The molecule has 1 aromatic carbocycles. The summed E-state index contributed by atoms with van der Waals surface area (Å²) in [5.74, 6) is -1.17. The first-order valence-electron chi connectivity index (χ1n) is 8.72. The zero-order chi connectivity index (χ0) is 19.0. The topological polar surface area (TPSA) is 105 Å². The van der Waals surface area contributed by atoms with E-state index in [0.29, 0.717) is 12.2 Å². The molecule has 0 heterocycles. The van der Waals surface area contributed by atoms with Gasteiger partial charge in [-0.05, 0) is 50.3 Å². The molecular formula is C18H26N2O5S. The number of anilines is 1. The summed E-state index contributed by atoms with van der Waals surface area (Å²) in [6.45, 7) is 0.941. The Labute approximate surface area is 154 Å². The SMILES string of the molecule is COCCNS(=O)(=O)c1cc(C(=O)O)ccc1NCCC1=CCCCC1. The van der Waals surface area contributed by atoms with Crippen LogP contribution in [0, 0.1) is 0 Å². The molecule has 26 heavy (non-hydrogen) atoms. The molecule has 0 saturated carbocycles. The Morgan fingerprint density at radius 2 is 2.08 bits per heavy atom. The molecule has 0 fully saturated rings. The maximum atomic E-state index is 12.6. The van der Waals surface area contributed by atoms with Gasteiger partial charge in [0.25, 0.3) is 0 Å².